The van der Waals surface area contributed by atoms with Crippen molar-refractivity contribution in [3.05, 3.63) is 248 Å². The number of anilines is 3. The lowest BCUT2D eigenvalue weighted by Gasteiger charge is -2.27. The van der Waals surface area contributed by atoms with Crippen molar-refractivity contribution in [2.24, 2.45) is 0 Å². The highest BCUT2D eigenvalue weighted by Gasteiger charge is 2.22. The Balaban J connectivity index is 0.967. The van der Waals surface area contributed by atoms with Gasteiger partial charge in [-0.3, -0.25) is 0 Å². The number of hydrogen-bond acceptors (Lipinski definition) is 2. The minimum absolute atomic E-state index is 0.896. The Kier molecular flexibility index (Phi) is 9.31. The predicted molar refractivity (Wildman–Crippen MR) is 282 cm³/mol. The summed E-state index contributed by atoms with van der Waals surface area (Å²) in [6.45, 7) is 0. The summed E-state index contributed by atoms with van der Waals surface area (Å²) < 4.78 is 9.06. The number of aryl methyl sites for hydroxylation is 1. The SMILES string of the molecule is C1=Cc2c(c3ccccc3n2-c2cc(-c3ccccc3)ccc2-c2ccc(N(c3cccc(-c4ccc5ccccc5c4)c3)c3cccc(-c4cccc5c4oc4ccccc45)c3)cc2)CC1. The molecular formula is C64H44N2O. The zero-order chi connectivity index (χ0) is 44.3. The van der Waals surface area contributed by atoms with Gasteiger partial charge in [0.1, 0.15) is 11.2 Å². The highest BCUT2D eigenvalue weighted by atomic mass is 16.3. The molecule has 0 fully saturated rings. The summed E-state index contributed by atoms with van der Waals surface area (Å²) in [6.07, 6.45) is 6.74. The standard InChI is InChI=1S/C64H44N2O/c1-2-15-43(16-3-1)49-35-38-54(62(42-49)66-60-28-9-6-23-56(60)57-24-7-10-29-61(57)66)45-33-36-51(37-34-45)65(52-21-12-19-47(40-52)48-32-31-44-17-4-5-18-46(44)39-48)53-22-13-20-50(41-53)55-26-14-27-59-58-25-8-11-30-63(58)67-64(55)59/h1-6,8-23,25-42H,7,24H2. The summed E-state index contributed by atoms with van der Waals surface area (Å²) in [4.78, 5) is 2.39. The van der Waals surface area contributed by atoms with Crippen LogP contribution >= 0.6 is 0 Å². The zero-order valence-electron chi connectivity index (χ0n) is 36.8. The van der Waals surface area contributed by atoms with Gasteiger partial charge in [0.2, 0.25) is 0 Å². The van der Waals surface area contributed by atoms with Crippen molar-refractivity contribution in [3.8, 4) is 50.2 Å². The van der Waals surface area contributed by atoms with Crippen LogP contribution in [0.5, 0.6) is 0 Å². The summed E-state index contributed by atoms with van der Waals surface area (Å²) in [5.74, 6) is 0. The average Bonchev–Trinajstić information content (AvgIpc) is 3.95. The van der Waals surface area contributed by atoms with Crippen LogP contribution in [0.2, 0.25) is 0 Å². The average molecular weight is 857 g/mol. The summed E-state index contributed by atoms with van der Waals surface area (Å²) in [5, 5.41) is 6.04. The Morgan fingerprint density at radius 2 is 1.04 bits per heavy atom. The normalized spacial score (nSPS) is 12.3. The maximum atomic E-state index is 6.56. The summed E-state index contributed by atoms with van der Waals surface area (Å²) in [5.41, 5.74) is 19.3. The third kappa shape index (κ3) is 6.75. The number of rotatable bonds is 8. The smallest absolute Gasteiger partial charge is 0.143 e. The second-order valence-electron chi connectivity index (χ2n) is 17.6. The largest absolute Gasteiger partial charge is 0.455 e. The number of para-hydroxylation sites is 3. The fraction of sp³-hybridized carbons (Fsp3) is 0.0312. The van der Waals surface area contributed by atoms with Crippen molar-refractivity contribution in [2.75, 3.05) is 4.90 Å². The van der Waals surface area contributed by atoms with Crippen LogP contribution in [-0.4, -0.2) is 4.57 Å². The molecule has 0 spiro atoms. The first-order valence-electron chi connectivity index (χ1n) is 23.2. The molecule has 3 nitrogen and oxygen atoms in total. The third-order valence-corrected chi connectivity index (χ3v) is 13.6. The molecule has 13 rings (SSSR count). The minimum atomic E-state index is 0.896. The van der Waals surface area contributed by atoms with Crippen LogP contribution in [0.25, 0.3) is 99.9 Å². The molecule has 2 aromatic heterocycles. The van der Waals surface area contributed by atoms with Crippen LogP contribution in [0, 0.1) is 0 Å². The van der Waals surface area contributed by atoms with E-state index in [0.717, 1.165) is 74.1 Å². The van der Waals surface area contributed by atoms with Crippen LogP contribution in [0.4, 0.5) is 17.1 Å². The summed E-state index contributed by atoms with van der Waals surface area (Å²) in [6, 6.07) is 83.6. The molecule has 0 amide bonds. The molecule has 1 aliphatic rings. The van der Waals surface area contributed by atoms with Gasteiger partial charge < -0.3 is 13.9 Å². The van der Waals surface area contributed by atoms with E-state index in [1.54, 1.807) is 0 Å². The molecule has 0 N–H and O–H groups in total. The number of nitrogens with zero attached hydrogens (tertiary/aromatic N) is 2. The number of furan rings is 1. The number of benzene rings is 10. The van der Waals surface area contributed by atoms with Crippen molar-refractivity contribution in [1.82, 2.24) is 4.57 Å². The lowest BCUT2D eigenvalue weighted by atomic mass is 9.97. The minimum Gasteiger partial charge on any atom is -0.455 e. The van der Waals surface area contributed by atoms with Gasteiger partial charge in [-0.25, -0.2) is 0 Å². The molecular weight excluding hydrogens is 813 g/mol. The molecule has 0 radical (unpaired) electrons. The highest BCUT2D eigenvalue weighted by molar-refractivity contribution is 6.09. The molecule has 3 heteroatoms. The van der Waals surface area contributed by atoms with Crippen LogP contribution in [-0.2, 0) is 6.42 Å². The lowest BCUT2D eigenvalue weighted by molar-refractivity contribution is 0.670. The lowest BCUT2D eigenvalue weighted by Crippen LogP contribution is -2.10. The first kappa shape index (κ1) is 38.8. The Morgan fingerprint density at radius 1 is 0.403 bits per heavy atom. The van der Waals surface area contributed by atoms with E-state index in [1.807, 2.05) is 6.07 Å². The van der Waals surface area contributed by atoms with Gasteiger partial charge in [-0.2, -0.15) is 0 Å². The Hall–Kier alpha value is -8.66. The van der Waals surface area contributed by atoms with Crippen LogP contribution < -0.4 is 4.90 Å². The summed E-state index contributed by atoms with van der Waals surface area (Å²) >= 11 is 0. The van der Waals surface area contributed by atoms with Gasteiger partial charge in [0.05, 0.1) is 11.2 Å². The molecule has 316 valence electrons. The predicted octanol–water partition coefficient (Wildman–Crippen LogP) is 17.8. The van der Waals surface area contributed by atoms with Gasteiger partial charge in [-0.1, -0.05) is 176 Å². The Labute approximate surface area is 389 Å². The fourth-order valence-corrected chi connectivity index (χ4v) is 10.4. The quantitative estimate of drug-likeness (QED) is 0.152. The molecule has 2 heterocycles. The molecule has 0 saturated heterocycles. The zero-order valence-corrected chi connectivity index (χ0v) is 36.8. The van der Waals surface area contributed by atoms with E-state index in [1.165, 1.54) is 60.9 Å². The fourth-order valence-electron chi connectivity index (χ4n) is 10.4. The first-order chi connectivity index (χ1) is 33.2. The van der Waals surface area contributed by atoms with E-state index in [2.05, 4.69) is 246 Å². The molecule has 67 heavy (non-hydrogen) atoms. The monoisotopic (exact) mass is 856 g/mol. The number of hydrogen-bond donors (Lipinski definition) is 0. The van der Waals surface area contributed by atoms with E-state index in [4.69, 9.17) is 4.42 Å². The van der Waals surface area contributed by atoms with Gasteiger partial charge in [0.25, 0.3) is 0 Å². The summed E-state index contributed by atoms with van der Waals surface area (Å²) in [7, 11) is 0. The second-order valence-corrected chi connectivity index (χ2v) is 17.6. The Bertz CT molecular complexity index is 3870. The number of fused-ring (bicyclic) bond motifs is 7. The van der Waals surface area contributed by atoms with Crippen molar-refractivity contribution >= 4 is 66.8 Å². The molecule has 0 saturated carbocycles. The Morgan fingerprint density at radius 3 is 1.91 bits per heavy atom. The maximum Gasteiger partial charge on any atom is 0.143 e. The van der Waals surface area contributed by atoms with Crippen molar-refractivity contribution in [1.29, 1.82) is 0 Å². The number of allylic oxidation sites excluding steroid dienone is 1. The molecule has 10 aromatic carbocycles. The molecule has 12 aromatic rings. The van der Waals surface area contributed by atoms with Crippen molar-refractivity contribution < 1.29 is 4.42 Å². The van der Waals surface area contributed by atoms with E-state index < -0.39 is 0 Å². The molecule has 0 unspecified atom stereocenters. The highest BCUT2D eigenvalue weighted by Crippen LogP contribution is 2.44. The number of aromatic nitrogens is 1. The third-order valence-electron chi connectivity index (χ3n) is 13.6. The van der Waals surface area contributed by atoms with Crippen LogP contribution in [0.3, 0.4) is 0 Å². The maximum absolute atomic E-state index is 6.56. The molecule has 0 bridgehead atoms. The molecule has 0 aliphatic heterocycles. The van der Waals surface area contributed by atoms with Crippen molar-refractivity contribution in [3.63, 3.8) is 0 Å². The van der Waals surface area contributed by atoms with Gasteiger partial charge >= 0.3 is 0 Å². The van der Waals surface area contributed by atoms with Crippen molar-refractivity contribution in [2.45, 2.75) is 12.8 Å². The van der Waals surface area contributed by atoms with Gasteiger partial charge in [0.15, 0.2) is 0 Å². The second kappa shape index (κ2) is 16.1. The van der Waals surface area contributed by atoms with Gasteiger partial charge in [-0.05, 0) is 129 Å². The molecule has 1 aliphatic carbocycles. The van der Waals surface area contributed by atoms with Gasteiger partial charge in [-0.15, -0.1) is 0 Å². The topological polar surface area (TPSA) is 21.3 Å². The molecule has 0 atom stereocenters. The van der Waals surface area contributed by atoms with E-state index in [9.17, 15) is 0 Å². The van der Waals surface area contributed by atoms with E-state index in [0.29, 0.717) is 0 Å². The van der Waals surface area contributed by atoms with Gasteiger partial charge in [0, 0.05) is 50.0 Å². The van der Waals surface area contributed by atoms with E-state index >= 15 is 0 Å². The first-order valence-corrected chi connectivity index (χ1v) is 23.2. The van der Waals surface area contributed by atoms with E-state index in [-0.39, 0.29) is 0 Å². The van der Waals surface area contributed by atoms with Crippen LogP contribution in [0.15, 0.2) is 241 Å². The van der Waals surface area contributed by atoms with Crippen LogP contribution in [0.1, 0.15) is 17.7 Å².